The Morgan fingerprint density at radius 3 is 2.53 bits per heavy atom. The Hall–Kier alpha value is -3.16. The van der Waals surface area contributed by atoms with Crippen LogP contribution in [0.1, 0.15) is 45.7 Å². The number of nitrogens with one attached hydrogen (secondary N) is 2. The lowest BCUT2D eigenvalue weighted by Crippen LogP contribution is -2.43. The molecule has 170 valence electrons. The summed E-state index contributed by atoms with van der Waals surface area (Å²) in [6, 6.07) is 12.5. The van der Waals surface area contributed by atoms with Crippen LogP contribution >= 0.6 is 0 Å². The highest BCUT2D eigenvalue weighted by Gasteiger charge is 2.28. The second-order valence-electron chi connectivity index (χ2n) is 8.30. The SMILES string of the molecule is COc1ccc2c(c1)C(=CC(=O)c1ccc(C(=O)NCCOCCO)cc1)NC(C)(C)C2. The van der Waals surface area contributed by atoms with E-state index in [1.165, 1.54) is 0 Å². The molecule has 0 radical (unpaired) electrons. The monoisotopic (exact) mass is 438 g/mol. The highest BCUT2D eigenvalue weighted by molar-refractivity contribution is 6.09. The highest BCUT2D eigenvalue weighted by Crippen LogP contribution is 2.32. The first-order valence-electron chi connectivity index (χ1n) is 10.6. The largest absolute Gasteiger partial charge is 0.497 e. The van der Waals surface area contributed by atoms with Crippen molar-refractivity contribution in [1.29, 1.82) is 0 Å². The van der Waals surface area contributed by atoms with E-state index in [1.807, 2.05) is 18.2 Å². The first kappa shape index (κ1) is 23.5. The van der Waals surface area contributed by atoms with E-state index in [0.29, 0.717) is 24.3 Å². The second kappa shape index (κ2) is 10.4. The Morgan fingerprint density at radius 1 is 1.12 bits per heavy atom. The van der Waals surface area contributed by atoms with Crippen LogP contribution in [0.15, 0.2) is 48.5 Å². The van der Waals surface area contributed by atoms with Gasteiger partial charge in [-0.2, -0.15) is 0 Å². The number of ether oxygens (including phenoxy) is 2. The Morgan fingerprint density at radius 2 is 1.84 bits per heavy atom. The molecule has 1 aliphatic rings. The molecule has 7 heteroatoms. The summed E-state index contributed by atoms with van der Waals surface area (Å²) in [4.78, 5) is 25.2. The van der Waals surface area contributed by atoms with Crippen molar-refractivity contribution in [2.24, 2.45) is 0 Å². The van der Waals surface area contributed by atoms with Gasteiger partial charge in [-0.3, -0.25) is 9.59 Å². The fourth-order valence-electron chi connectivity index (χ4n) is 3.66. The number of carbonyl (C=O) groups excluding carboxylic acids is 2. The maximum absolute atomic E-state index is 13.0. The molecule has 7 nitrogen and oxygen atoms in total. The molecule has 0 fully saturated rings. The zero-order chi connectivity index (χ0) is 23.1. The minimum Gasteiger partial charge on any atom is -0.497 e. The van der Waals surface area contributed by atoms with Crippen LogP contribution in [0.4, 0.5) is 0 Å². The number of rotatable bonds is 9. The van der Waals surface area contributed by atoms with Gasteiger partial charge < -0.3 is 25.2 Å². The topological polar surface area (TPSA) is 96.9 Å². The van der Waals surface area contributed by atoms with Gasteiger partial charge in [0.05, 0.1) is 26.9 Å². The van der Waals surface area contributed by atoms with Crippen molar-refractivity contribution in [2.75, 3.05) is 33.5 Å². The molecule has 0 aromatic heterocycles. The molecule has 32 heavy (non-hydrogen) atoms. The van der Waals surface area contributed by atoms with Crippen LogP contribution in [0.5, 0.6) is 5.75 Å². The smallest absolute Gasteiger partial charge is 0.251 e. The minimum atomic E-state index is -0.244. The summed E-state index contributed by atoms with van der Waals surface area (Å²) in [6.45, 7) is 5.06. The van der Waals surface area contributed by atoms with E-state index >= 15 is 0 Å². The number of aliphatic hydroxyl groups is 1. The molecule has 3 rings (SSSR count). The number of ketones is 1. The molecule has 1 heterocycles. The normalized spacial score (nSPS) is 15.6. The summed E-state index contributed by atoms with van der Waals surface area (Å²) in [5.41, 5.74) is 3.64. The Bertz CT molecular complexity index is 996. The Balaban J connectivity index is 1.73. The molecule has 0 spiro atoms. The van der Waals surface area contributed by atoms with Crippen molar-refractivity contribution in [2.45, 2.75) is 25.8 Å². The van der Waals surface area contributed by atoms with Gasteiger partial charge in [-0.15, -0.1) is 0 Å². The predicted molar refractivity (Wildman–Crippen MR) is 123 cm³/mol. The summed E-state index contributed by atoms with van der Waals surface area (Å²) in [6.07, 6.45) is 2.44. The zero-order valence-corrected chi connectivity index (χ0v) is 18.7. The molecule has 2 aromatic carbocycles. The summed E-state index contributed by atoms with van der Waals surface area (Å²) >= 11 is 0. The average molecular weight is 439 g/mol. The van der Waals surface area contributed by atoms with Gasteiger partial charge in [0.2, 0.25) is 0 Å². The van der Waals surface area contributed by atoms with Gasteiger partial charge in [0.1, 0.15) is 5.75 Å². The van der Waals surface area contributed by atoms with Crippen LogP contribution < -0.4 is 15.4 Å². The van der Waals surface area contributed by atoms with Gasteiger partial charge >= 0.3 is 0 Å². The molecule has 1 amide bonds. The lowest BCUT2D eigenvalue weighted by Gasteiger charge is -2.35. The predicted octanol–water partition coefficient (Wildman–Crippen LogP) is 2.58. The molecular formula is C25H30N2O5. The van der Waals surface area contributed by atoms with Crippen molar-refractivity contribution in [3.63, 3.8) is 0 Å². The number of amides is 1. The van der Waals surface area contributed by atoms with Gasteiger partial charge in [0.15, 0.2) is 5.78 Å². The van der Waals surface area contributed by atoms with Gasteiger partial charge in [-0.1, -0.05) is 18.2 Å². The third-order valence-corrected chi connectivity index (χ3v) is 5.19. The van der Waals surface area contributed by atoms with E-state index in [9.17, 15) is 9.59 Å². The molecule has 0 saturated heterocycles. The van der Waals surface area contributed by atoms with Crippen LogP contribution in [0.2, 0.25) is 0 Å². The van der Waals surface area contributed by atoms with E-state index in [4.69, 9.17) is 14.6 Å². The quantitative estimate of drug-likeness (QED) is 0.316. The number of aliphatic hydroxyl groups excluding tert-OH is 1. The fraction of sp³-hybridized carbons (Fsp3) is 0.360. The van der Waals surface area contributed by atoms with Crippen LogP contribution in [0.25, 0.3) is 5.70 Å². The number of fused-ring (bicyclic) bond motifs is 1. The van der Waals surface area contributed by atoms with Gasteiger partial charge in [-0.25, -0.2) is 0 Å². The summed E-state index contributed by atoms with van der Waals surface area (Å²) in [5, 5.41) is 14.9. The maximum Gasteiger partial charge on any atom is 0.251 e. The first-order chi connectivity index (χ1) is 15.3. The van der Waals surface area contributed by atoms with E-state index in [0.717, 1.165) is 29.0 Å². The van der Waals surface area contributed by atoms with Crippen molar-refractivity contribution < 1.29 is 24.2 Å². The number of benzene rings is 2. The molecule has 0 atom stereocenters. The lowest BCUT2D eigenvalue weighted by molar-refractivity contribution is 0.0837. The number of carbonyl (C=O) groups is 2. The lowest BCUT2D eigenvalue weighted by atomic mass is 9.85. The highest BCUT2D eigenvalue weighted by atomic mass is 16.5. The molecular weight excluding hydrogens is 408 g/mol. The molecule has 1 aliphatic heterocycles. The standard InChI is InChI=1S/C25H30N2O5/c1-25(2)16-19-8-9-20(31-3)14-21(19)22(27-25)15-23(29)17-4-6-18(7-5-17)24(30)26-10-12-32-13-11-28/h4-9,14-15,27-28H,10-13,16H2,1-3H3,(H,26,30). The molecule has 0 saturated carbocycles. The maximum atomic E-state index is 13.0. The number of allylic oxidation sites excluding steroid dienone is 1. The zero-order valence-electron chi connectivity index (χ0n) is 18.7. The van der Waals surface area contributed by atoms with Crippen molar-refractivity contribution in [3.05, 3.63) is 70.8 Å². The van der Waals surface area contributed by atoms with Crippen molar-refractivity contribution >= 4 is 17.4 Å². The first-order valence-corrected chi connectivity index (χ1v) is 10.6. The average Bonchev–Trinajstić information content (AvgIpc) is 2.78. The number of hydrogen-bond acceptors (Lipinski definition) is 6. The molecule has 2 aromatic rings. The van der Waals surface area contributed by atoms with Crippen molar-refractivity contribution in [1.82, 2.24) is 10.6 Å². The molecule has 0 unspecified atom stereocenters. The van der Waals surface area contributed by atoms with Gasteiger partial charge in [0.25, 0.3) is 5.91 Å². The summed E-state index contributed by atoms with van der Waals surface area (Å²) in [7, 11) is 1.62. The molecule has 3 N–H and O–H groups in total. The van der Waals surface area contributed by atoms with E-state index < -0.39 is 0 Å². The number of methoxy groups -OCH3 is 1. The minimum absolute atomic E-state index is 0.0499. The van der Waals surface area contributed by atoms with Gasteiger partial charge in [0, 0.05) is 40.5 Å². The van der Waals surface area contributed by atoms with Gasteiger partial charge in [-0.05, 0) is 50.1 Å². The van der Waals surface area contributed by atoms with Crippen LogP contribution in [0.3, 0.4) is 0 Å². The Kier molecular flexibility index (Phi) is 7.66. The third kappa shape index (κ3) is 5.96. The fourth-order valence-corrected chi connectivity index (χ4v) is 3.66. The molecule has 0 aliphatic carbocycles. The van der Waals surface area contributed by atoms with Crippen LogP contribution in [0, 0.1) is 0 Å². The van der Waals surface area contributed by atoms with E-state index in [2.05, 4.69) is 24.5 Å². The van der Waals surface area contributed by atoms with E-state index in [-0.39, 0.29) is 30.4 Å². The number of hydrogen-bond donors (Lipinski definition) is 3. The van der Waals surface area contributed by atoms with Crippen molar-refractivity contribution in [3.8, 4) is 5.75 Å². The van der Waals surface area contributed by atoms with E-state index in [1.54, 1.807) is 37.5 Å². The van der Waals surface area contributed by atoms with Crippen LogP contribution in [-0.4, -0.2) is 55.8 Å². The summed E-state index contributed by atoms with van der Waals surface area (Å²) < 4.78 is 10.5. The third-order valence-electron chi connectivity index (χ3n) is 5.19. The molecule has 0 bridgehead atoms. The second-order valence-corrected chi connectivity index (χ2v) is 8.30. The Labute approximate surface area is 188 Å². The summed E-state index contributed by atoms with van der Waals surface area (Å²) in [5.74, 6) is 0.343. The van der Waals surface area contributed by atoms with Crippen LogP contribution in [-0.2, 0) is 11.2 Å².